The van der Waals surface area contributed by atoms with Gasteiger partial charge in [0.05, 0.1) is 12.3 Å². The first-order valence-electron chi connectivity index (χ1n) is 4.58. The highest BCUT2D eigenvalue weighted by Crippen LogP contribution is 2.17. The molecule has 5 N–H and O–H groups in total. The average molecular weight is 243 g/mol. The Morgan fingerprint density at radius 2 is 2.25 bits per heavy atom. The monoisotopic (exact) mass is 243 g/mol. The molecule has 16 heavy (non-hydrogen) atoms. The second kappa shape index (κ2) is 6.09. The lowest BCUT2D eigenvalue weighted by Crippen LogP contribution is -2.28. The smallest absolute Gasteiger partial charge is 0.263 e. The average Bonchev–Trinajstić information content (AvgIpc) is 2.63. The van der Waals surface area contributed by atoms with Crippen molar-refractivity contribution < 1.29 is 14.3 Å². The lowest BCUT2D eigenvalue weighted by atomic mass is 10.4. The lowest BCUT2D eigenvalue weighted by molar-refractivity contribution is -0.122. The van der Waals surface area contributed by atoms with E-state index in [9.17, 15) is 9.59 Å². The number of amides is 2. The van der Waals surface area contributed by atoms with Gasteiger partial charge in [-0.05, 0) is 11.4 Å². The molecule has 1 aromatic heterocycles. The topological polar surface area (TPSA) is 107 Å². The van der Waals surface area contributed by atoms with Crippen LogP contribution in [0.2, 0.25) is 0 Å². The second-order valence-electron chi connectivity index (χ2n) is 2.98. The number of hydrogen-bond donors (Lipinski definition) is 3. The number of thiophene rings is 1. The molecule has 0 bridgehead atoms. The number of primary amides is 1. The fraction of sp³-hybridized carbons (Fsp3) is 0.333. The van der Waals surface area contributed by atoms with Crippen molar-refractivity contribution in [1.29, 1.82) is 0 Å². The Balaban J connectivity index is 2.21. The number of nitrogens with one attached hydrogen (secondary N) is 1. The minimum atomic E-state index is -0.533. The van der Waals surface area contributed by atoms with Gasteiger partial charge in [-0.3, -0.25) is 9.59 Å². The Hall–Kier alpha value is -1.60. The summed E-state index contributed by atoms with van der Waals surface area (Å²) in [7, 11) is 0. The van der Waals surface area contributed by atoms with E-state index >= 15 is 0 Å². The molecule has 0 fully saturated rings. The highest BCUT2D eigenvalue weighted by Gasteiger charge is 2.09. The van der Waals surface area contributed by atoms with E-state index in [1.165, 1.54) is 11.3 Å². The maximum absolute atomic E-state index is 11.5. The largest absolute Gasteiger partial charge is 0.397 e. The molecule has 88 valence electrons. The molecule has 0 unspecified atom stereocenters. The molecule has 1 rings (SSSR count). The standard InChI is InChI=1S/C9H13N3O3S/c10-6-1-4-16-8(6)9(14)12-2-3-15-5-7(11)13/h1,4H,2-3,5,10H2,(H2,11,13)(H,12,14). The van der Waals surface area contributed by atoms with Crippen LogP contribution >= 0.6 is 11.3 Å². The van der Waals surface area contributed by atoms with Gasteiger partial charge in [-0.25, -0.2) is 0 Å². The maximum Gasteiger partial charge on any atom is 0.263 e. The number of ether oxygens (including phenoxy) is 1. The van der Waals surface area contributed by atoms with Crippen molar-refractivity contribution in [1.82, 2.24) is 5.32 Å². The van der Waals surface area contributed by atoms with E-state index in [0.717, 1.165) is 0 Å². The van der Waals surface area contributed by atoms with E-state index in [-0.39, 0.29) is 19.1 Å². The van der Waals surface area contributed by atoms with Crippen molar-refractivity contribution in [3.63, 3.8) is 0 Å². The first-order chi connectivity index (χ1) is 7.61. The quantitative estimate of drug-likeness (QED) is 0.589. The van der Waals surface area contributed by atoms with Crippen LogP contribution in [0.25, 0.3) is 0 Å². The first-order valence-corrected chi connectivity index (χ1v) is 5.46. The molecule has 0 aromatic carbocycles. The number of carbonyl (C=O) groups is 2. The molecule has 0 saturated heterocycles. The van der Waals surface area contributed by atoms with Crippen molar-refractivity contribution in [2.75, 3.05) is 25.5 Å². The molecule has 7 heteroatoms. The van der Waals surface area contributed by atoms with Crippen molar-refractivity contribution in [3.05, 3.63) is 16.3 Å². The molecule has 0 aliphatic heterocycles. The third kappa shape index (κ3) is 3.87. The summed E-state index contributed by atoms with van der Waals surface area (Å²) >= 11 is 1.27. The van der Waals surface area contributed by atoms with E-state index in [1.54, 1.807) is 11.4 Å². The maximum atomic E-state index is 11.5. The van der Waals surface area contributed by atoms with E-state index in [2.05, 4.69) is 5.32 Å². The summed E-state index contributed by atoms with van der Waals surface area (Å²) in [6, 6.07) is 1.67. The molecular weight excluding hydrogens is 230 g/mol. The van der Waals surface area contributed by atoms with Gasteiger partial charge >= 0.3 is 0 Å². The zero-order valence-corrected chi connectivity index (χ0v) is 9.38. The van der Waals surface area contributed by atoms with E-state index in [4.69, 9.17) is 16.2 Å². The Bertz CT molecular complexity index is 378. The minimum absolute atomic E-state index is 0.142. The normalized spacial score (nSPS) is 10.0. The summed E-state index contributed by atoms with van der Waals surface area (Å²) in [4.78, 5) is 22.3. The third-order valence-corrected chi connectivity index (χ3v) is 2.61. The van der Waals surface area contributed by atoms with Crippen LogP contribution in [0, 0.1) is 0 Å². The van der Waals surface area contributed by atoms with E-state index in [0.29, 0.717) is 17.1 Å². The van der Waals surface area contributed by atoms with Crippen LogP contribution in [0.5, 0.6) is 0 Å². The van der Waals surface area contributed by atoms with Gasteiger partial charge in [0.15, 0.2) is 0 Å². The highest BCUT2D eigenvalue weighted by atomic mass is 32.1. The molecule has 1 aromatic rings. The number of anilines is 1. The Kier molecular flexibility index (Phi) is 4.74. The molecule has 0 aliphatic rings. The van der Waals surface area contributed by atoms with Crippen molar-refractivity contribution >= 4 is 28.8 Å². The summed E-state index contributed by atoms with van der Waals surface area (Å²) in [5, 5.41) is 4.36. The Morgan fingerprint density at radius 3 is 2.81 bits per heavy atom. The molecule has 0 spiro atoms. The fourth-order valence-corrected chi connectivity index (χ4v) is 1.73. The van der Waals surface area contributed by atoms with Gasteiger partial charge in [-0.2, -0.15) is 0 Å². The summed E-state index contributed by atoms with van der Waals surface area (Å²) in [6.07, 6.45) is 0. The van der Waals surface area contributed by atoms with Gasteiger partial charge in [-0.15, -0.1) is 11.3 Å². The van der Waals surface area contributed by atoms with Crippen LogP contribution in [0.4, 0.5) is 5.69 Å². The van der Waals surface area contributed by atoms with Gasteiger partial charge in [0.2, 0.25) is 5.91 Å². The summed E-state index contributed by atoms with van der Waals surface area (Å²) < 4.78 is 4.88. The number of rotatable bonds is 6. The van der Waals surface area contributed by atoms with Crippen molar-refractivity contribution in [2.45, 2.75) is 0 Å². The highest BCUT2D eigenvalue weighted by molar-refractivity contribution is 7.12. The third-order valence-electron chi connectivity index (χ3n) is 1.68. The van der Waals surface area contributed by atoms with E-state index in [1.807, 2.05) is 0 Å². The van der Waals surface area contributed by atoms with Gasteiger partial charge < -0.3 is 21.5 Å². The van der Waals surface area contributed by atoms with Crippen LogP contribution in [0.1, 0.15) is 9.67 Å². The number of hydrogen-bond acceptors (Lipinski definition) is 5. The van der Waals surface area contributed by atoms with Gasteiger partial charge in [0.1, 0.15) is 11.5 Å². The predicted molar refractivity (Wildman–Crippen MR) is 61.1 cm³/mol. The van der Waals surface area contributed by atoms with Crippen LogP contribution in [0.15, 0.2) is 11.4 Å². The molecule has 6 nitrogen and oxygen atoms in total. The van der Waals surface area contributed by atoms with Crippen molar-refractivity contribution in [2.24, 2.45) is 5.73 Å². The molecular formula is C9H13N3O3S. The number of nitrogen functional groups attached to an aromatic ring is 1. The van der Waals surface area contributed by atoms with E-state index < -0.39 is 5.91 Å². The second-order valence-corrected chi connectivity index (χ2v) is 3.90. The van der Waals surface area contributed by atoms with Gasteiger partial charge in [0.25, 0.3) is 5.91 Å². The molecule has 0 radical (unpaired) electrons. The Labute approximate surface area is 96.6 Å². The summed E-state index contributed by atoms with van der Waals surface area (Å²) in [5.74, 6) is -0.774. The lowest BCUT2D eigenvalue weighted by Gasteiger charge is -2.04. The molecule has 0 aliphatic carbocycles. The van der Waals surface area contributed by atoms with Gasteiger partial charge in [-0.1, -0.05) is 0 Å². The number of nitrogens with two attached hydrogens (primary N) is 2. The van der Waals surface area contributed by atoms with Crippen LogP contribution < -0.4 is 16.8 Å². The van der Waals surface area contributed by atoms with Crippen LogP contribution in [0.3, 0.4) is 0 Å². The number of carbonyl (C=O) groups excluding carboxylic acids is 2. The van der Waals surface area contributed by atoms with Crippen LogP contribution in [-0.2, 0) is 9.53 Å². The first kappa shape index (κ1) is 12.5. The molecule has 0 saturated carbocycles. The summed E-state index contributed by atoms with van der Waals surface area (Å²) in [5.41, 5.74) is 10.9. The molecule has 2 amide bonds. The van der Waals surface area contributed by atoms with Crippen LogP contribution in [-0.4, -0.2) is 31.6 Å². The Morgan fingerprint density at radius 1 is 1.50 bits per heavy atom. The fourth-order valence-electron chi connectivity index (χ4n) is 0.993. The predicted octanol–water partition coefficient (Wildman–Crippen LogP) is -0.438. The van der Waals surface area contributed by atoms with Gasteiger partial charge in [0, 0.05) is 6.54 Å². The van der Waals surface area contributed by atoms with Crippen molar-refractivity contribution in [3.8, 4) is 0 Å². The molecule has 1 heterocycles. The summed E-state index contributed by atoms with van der Waals surface area (Å²) in [6.45, 7) is 0.403. The zero-order valence-electron chi connectivity index (χ0n) is 8.56. The minimum Gasteiger partial charge on any atom is -0.397 e. The SMILES string of the molecule is NC(=O)COCCNC(=O)c1sccc1N. The zero-order chi connectivity index (χ0) is 12.0. The molecule has 0 atom stereocenters.